The van der Waals surface area contributed by atoms with Gasteiger partial charge < -0.3 is 10.2 Å². The average Bonchev–Trinajstić information content (AvgIpc) is 3.10. The lowest BCUT2D eigenvalue weighted by Gasteiger charge is -2.32. The van der Waals surface area contributed by atoms with E-state index >= 15 is 0 Å². The molecule has 1 N–H and O–H groups in total. The number of aromatic nitrogens is 3. The lowest BCUT2D eigenvalue weighted by molar-refractivity contribution is 0.0691. The minimum absolute atomic E-state index is 0. The molecule has 3 rings (SSSR count). The second-order valence-corrected chi connectivity index (χ2v) is 5.68. The van der Waals surface area contributed by atoms with Crippen LogP contribution in [0.2, 0.25) is 0 Å². The highest BCUT2D eigenvalue weighted by atomic mass is 35.5. The third-order valence-electron chi connectivity index (χ3n) is 4.17. The first-order valence-electron chi connectivity index (χ1n) is 7.67. The van der Waals surface area contributed by atoms with Gasteiger partial charge in [0.15, 0.2) is 0 Å². The number of hydrogen-bond acceptors (Lipinski definition) is 4. The highest BCUT2D eigenvalue weighted by Gasteiger charge is 2.23. The SMILES string of the molecule is CNCC1CCN(C(=O)c2cccc(-n3cncn3)c2)CC1.Cl.Cl. The monoisotopic (exact) mass is 371 g/mol. The van der Waals surface area contributed by atoms with E-state index in [1.807, 2.05) is 36.2 Å². The second-order valence-electron chi connectivity index (χ2n) is 5.68. The Balaban J connectivity index is 0.00000144. The van der Waals surface area contributed by atoms with Crippen molar-refractivity contribution in [1.29, 1.82) is 0 Å². The highest BCUT2D eigenvalue weighted by Crippen LogP contribution is 2.19. The highest BCUT2D eigenvalue weighted by molar-refractivity contribution is 5.94. The standard InChI is InChI=1S/C16H21N5O.2ClH/c1-17-10-13-5-7-20(8-6-13)16(22)14-3-2-4-15(9-14)21-12-18-11-19-21;;/h2-4,9,11-13,17H,5-8,10H2,1H3;2*1H. The Morgan fingerprint density at radius 3 is 2.67 bits per heavy atom. The molecule has 1 fully saturated rings. The maximum atomic E-state index is 12.7. The molecule has 0 aliphatic carbocycles. The molecule has 1 saturated heterocycles. The lowest BCUT2D eigenvalue weighted by atomic mass is 9.96. The molecular formula is C16H23Cl2N5O. The van der Waals surface area contributed by atoms with Crippen LogP contribution in [0.25, 0.3) is 5.69 Å². The first-order chi connectivity index (χ1) is 10.8. The molecule has 0 bridgehead atoms. The topological polar surface area (TPSA) is 63.1 Å². The number of carbonyl (C=O) groups excluding carboxylic acids is 1. The largest absolute Gasteiger partial charge is 0.339 e. The average molecular weight is 372 g/mol. The van der Waals surface area contributed by atoms with Gasteiger partial charge in [0.1, 0.15) is 12.7 Å². The number of halogens is 2. The molecule has 6 nitrogen and oxygen atoms in total. The van der Waals surface area contributed by atoms with E-state index in [0.29, 0.717) is 11.5 Å². The molecule has 0 unspecified atom stereocenters. The van der Waals surface area contributed by atoms with Crippen molar-refractivity contribution in [2.45, 2.75) is 12.8 Å². The predicted molar refractivity (Wildman–Crippen MR) is 98.4 cm³/mol. The molecule has 0 atom stereocenters. The van der Waals surface area contributed by atoms with Gasteiger partial charge in [-0.05, 0) is 50.6 Å². The smallest absolute Gasteiger partial charge is 0.253 e. The minimum atomic E-state index is 0. The molecular weight excluding hydrogens is 349 g/mol. The summed E-state index contributed by atoms with van der Waals surface area (Å²) in [7, 11) is 1.98. The summed E-state index contributed by atoms with van der Waals surface area (Å²) >= 11 is 0. The van der Waals surface area contributed by atoms with Crippen molar-refractivity contribution in [2.24, 2.45) is 5.92 Å². The van der Waals surface area contributed by atoms with Crippen molar-refractivity contribution >= 4 is 30.7 Å². The normalized spacial score (nSPS) is 14.6. The van der Waals surface area contributed by atoms with Crippen molar-refractivity contribution in [2.75, 3.05) is 26.7 Å². The minimum Gasteiger partial charge on any atom is -0.339 e. The van der Waals surface area contributed by atoms with Gasteiger partial charge in [0, 0.05) is 18.7 Å². The third kappa shape index (κ3) is 4.69. The molecule has 2 heterocycles. The molecule has 8 heteroatoms. The molecule has 0 saturated carbocycles. The molecule has 132 valence electrons. The first kappa shape index (κ1) is 20.4. The molecule has 0 radical (unpaired) electrons. The first-order valence-corrected chi connectivity index (χ1v) is 7.67. The molecule has 2 aromatic rings. The Morgan fingerprint density at radius 2 is 2.04 bits per heavy atom. The Kier molecular flexibility index (Phi) is 8.18. The molecule has 1 aromatic heterocycles. The van der Waals surface area contributed by atoms with Crippen molar-refractivity contribution < 1.29 is 4.79 Å². The number of rotatable bonds is 4. The van der Waals surface area contributed by atoms with Gasteiger partial charge in [-0.15, -0.1) is 24.8 Å². The predicted octanol–water partition coefficient (Wildman–Crippen LogP) is 2.18. The number of nitrogens with zero attached hydrogens (tertiary/aromatic N) is 4. The van der Waals surface area contributed by atoms with Crippen molar-refractivity contribution in [3.8, 4) is 5.69 Å². The van der Waals surface area contributed by atoms with Crippen LogP contribution in [0.3, 0.4) is 0 Å². The molecule has 0 spiro atoms. The third-order valence-corrected chi connectivity index (χ3v) is 4.17. The molecule has 1 aliphatic rings. The fourth-order valence-corrected chi connectivity index (χ4v) is 2.93. The number of hydrogen-bond donors (Lipinski definition) is 1. The van der Waals surface area contributed by atoms with Gasteiger partial charge in [-0.2, -0.15) is 5.10 Å². The van der Waals surface area contributed by atoms with Gasteiger partial charge in [-0.3, -0.25) is 4.79 Å². The number of likely N-dealkylation sites (tertiary alicyclic amines) is 1. The van der Waals surface area contributed by atoms with E-state index in [4.69, 9.17) is 0 Å². The van der Waals surface area contributed by atoms with E-state index in [-0.39, 0.29) is 30.7 Å². The van der Waals surface area contributed by atoms with Crippen molar-refractivity contribution in [3.63, 3.8) is 0 Å². The lowest BCUT2D eigenvalue weighted by Crippen LogP contribution is -2.40. The summed E-state index contributed by atoms with van der Waals surface area (Å²) in [6, 6.07) is 7.54. The van der Waals surface area contributed by atoms with E-state index < -0.39 is 0 Å². The Morgan fingerprint density at radius 1 is 1.29 bits per heavy atom. The van der Waals surface area contributed by atoms with E-state index in [0.717, 1.165) is 38.2 Å². The summed E-state index contributed by atoms with van der Waals surface area (Å²) in [5.74, 6) is 0.778. The number of amides is 1. The van der Waals surface area contributed by atoms with Gasteiger partial charge in [0.2, 0.25) is 0 Å². The Bertz CT molecular complexity index is 627. The zero-order valence-electron chi connectivity index (χ0n) is 13.6. The number of nitrogens with one attached hydrogen (secondary N) is 1. The van der Waals surface area contributed by atoms with Crippen LogP contribution in [0.5, 0.6) is 0 Å². The van der Waals surface area contributed by atoms with Crippen LogP contribution in [0.4, 0.5) is 0 Å². The van der Waals surface area contributed by atoms with E-state index in [1.54, 1.807) is 11.0 Å². The van der Waals surface area contributed by atoms with Gasteiger partial charge in [-0.1, -0.05) is 6.07 Å². The van der Waals surface area contributed by atoms with Crippen molar-refractivity contribution in [1.82, 2.24) is 25.0 Å². The van der Waals surface area contributed by atoms with Crippen LogP contribution in [-0.4, -0.2) is 52.3 Å². The van der Waals surface area contributed by atoms with E-state index in [1.165, 1.54) is 6.33 Å². The second kappa shape index (κ2) is 9.61. The maximum absolute atomic E-state index is 12.7. The van der Waals surface area contributed by atoms with Gasteiger partial charge in [0.05, 0.1) is 5.69 Å². The van der Waals surface area contributed by atoms with Crippen molar-refractivity contribution in [3.05, 3.63) is 42.5 Å². The van der Waals surface area contributed by atoms with Gasteiger partial charge in [-0.25, -0.2) is 9.67 Å². The zero-order chi connectivity index (χ0) is 15.4. The summed E-state index contributed by atoms with van der Waals surface area (Å²) < 4.78 is 1.66. The van der Waals surface area contributed by atoms with Crippen LogP contribution >= 0.6 is 24.8 Å². The van der Waals surface area contributed by atoms with Crippen LogP contribution in [-0.2, 0) is 0 Å². The van der Waals surface area contributed by atoms with Gasteiger partial charge >= 0.3 is 0 Å². The summed E-state index contributed by atoms with van der Waals surface area (Å²) in [5.41, 5.74) is 1.56. The van der Waals surface area contributed by atoms with E-state index in [9.17, 15) is 4.79 Å². The zero-order valence-corrected chi connectivity index (χ0v) is 15.2. The molecule has 24 heavy (non-hydrogen) atoms. The molecule has 1 aromatic carbocycles. The fraction of sp³-hybridized carbons (Fsp3) is 0.438. The summed E-state index contributed by atoms with van der Waals surface area (Å²) in [4.78, 5) is 18.5. The van der Waals surface area contributed by atoms with Crippen LogP contribution in [0.15, 0.2) is 36.9 Å². The Hall–Kier alpha value is -1.63. The van der Waals surface area contributed by atoms with Crippen LogP contribution in [0.1, 0.15) is 23.2 Å². The number of carbonyl (C=O) groups is 1. The Labute approximate surface area is 154 Å². The molecule has 1 amide bonds. The quantitative estimate of drug-likeness (QED) is 0.894. The summed E-state index contributed by atoms with van der Waals surface area (Å²) in [5, 5.41) is 7.32. The van der Waals surface area contributed by atoms with Crippen LogP contribution in [0, 0.1) is 5.92 Å². The number of benzene rings is 1. The van der Waals surface area contributed by atoms with Gasteiger partial charge in [0.25, 0.3) is 5.91 Å². The maximum Gasteiger partial charge on any atom is 0.253 e. The van der Waals surface area contributed by atoms with Crippen LogP contribution < -0.4 is 5.32 Å². The summed E-state index contributed by atoms with van der Waals surface area (Å²) in [6.45, 7) is 2.70. The fourth-order valence-electron chi connectivity index (χ4n) is 2.93. The number of piperidine rings is 1. The van der Waals surface area contributed by atoms with E-state index in [2.05, 4.69) is 15.4 Å². The molecule has 1 aliphatic heterocycles. The summed E-state index contributed by atoms with van der Waals surface area (Å²) in [6.07, 6.45) is 5.25.